The first-order valence-electron chi connectivity index (χ1n) is 6.52. The molecule has 0 bridgehead atoms. The number of carbonyl (C=O) groups excluding carboxylic acids is 1. The van der Waals surface area contributed by atoms with E-state index in [-0.39, 0.29) is 12.6 Å². The molecule has 5 heteroatoms. The Labute approximate surface area is 115 Å². The van der Waals surface area contributed by atoms with Crippen molar-refractivity contribution in [2.24, 2.45) is 5.92 Å². The van der Waals surface area contributed by atoms with Gasteiger partial charge < -0.3 is 15.2 Å². The highest BCUT2D eigenvalue weighted by Gasteiger charge is 2.32. The molecule has 0 saturated heterocycles. The van der Waals surface area contributed by atoms with Gasteiger partial charge in [-0.25, -0.2) is 0 Å². The van der Waals surface area contributed by atoms with Crippen molar-refractivity contribution in [2.75, 3.05) is 31.8 Å². The number of nitrogens with one attached hydrogen (secondary N) is 1. The van der Waals surface area contributed by atoms with E-state index in [0.29, 0.717) is 5.92 Å². The van der Waals surface area contributed by atoms with Gasteiger partial charge in [-0.2, -0.15) is 11.8 Å². The van der Waals surface area contributed by atoms with Gasteiger partial charge in [0.05, 0.1) is 7.11 Å². The summed E-state index contributed by atoms with van der Waals surface area (Å²) < 4.78 is 4.86. The van der Waals surface area contributed by atoms with E-state index in [4.69, 9.17) is 9.84 Å². The Hall–Kier alpha value is -0.260. The molecule has 0 spiro atoms. The van der Waals surface area contributed by atoms with Gasteiger partial charge in [0.2, 0.25) is 0 Å². The second kappa shape index (κ2) is 9.64. The molecule has 2 unspecified atom stereocenters. The van der Waals surface area contributed by atoms with Crippen molar-refractivity contribution < 1.29 is 14.6 Å². The summed E-state index contributed by atoms with van der Waals surface area (Å²) in [7, 11) is 1.43. The van der Waals surface area contributed by atoms with Crippen molar-refractivity contribution in [3.05, 3.63) is 0 Å². The summed E-state index contributed by atoms with van der Waals surface area (Å²) in [5.41, 5.74) is -0.597. The molecule has 0 rings (SSSR count). The summed E-state index contributed by atoms with van der Waals surface area (Å²) in [6.07, 6.45) is 1.73. The Bertz CT molecular complexity index is 238. The minimum atomic E-state index is -0.597. The van der Waals surface area contributed by atoms with E-state index in [0.717, 1.165) is 30.9 Å². The Morgan fingerprint density at radius 3 is 2.72 bits per heavy atom. The highest BCUT2D eigenvalue weighted by atomic mass is 32.2. The predicted octanol–water partition coefficient (Wildman–Crippen LogP) is 1.67. The quantitative estimate of drug-likeness (QED) is 0.470. The van der Waals surface area contributed by atoms with Crippen LogP contribution in [0.5, 0.6) is 0 Å². The molecule has 0 aromatic rings. The number of esters is 1. The topological polar surface area (TPSA) is 58.6 Å². The first-order chi connectivity index (χ1) is 8.50. The van der Waals surface area contributed by atoms with E-state index >= 15 is 0 Å². The Morgan fingerprint density at radius 1 is 1.56 bits per heavy atom. The molecule has 0 saturated carbocycles. The fraction of sp³-hybridized carbons (Fsp3) is 0.923. The first-order valence-corrected chi connectivity index (χ1v) is 7.67. The van der Waals surface area contributed by atoms with E-state index in [1.54, 1.807) is 11.8 Å². The molecule has 0 aliphatic carbocycles. The van der Waals surface area contributed by atoms with Crippen molar-refractivity contribution in [1.82, 2.24) is 5.32 Å². The predicted molar refractivity (Wildman–Crippen MR) is 76.9 cm³/mol. The molecule has 4 nitrogen and oxygen atoms in total. The molecule has 0 heterocycles. The normalized spacial score (nSPS) is 16.1. The smallest absolute Gasteiger partial charge is 0.325 e. The number of carbonyl (C=O) groups is 1. The van der Waals surface area contributed by atoms with Crippen LogP contribution in [0.1, 0.15) is 33.6 Å². The van der Waals surface area contributed by atoms with Crippen LogP contribution in [0, 0.1) is 5.92 Å². The molecule has 0 fully saturated rings. The lowest BCUT2D eigenvalue weighted by atomic mass is 9.99. The average molecular weight is 277 g/mol. The molecular weight excluding hydrogens is 250 g/mol. The van der Waals surface area contributed by atoms with Gasteiger partial charge in [-0.15, -0.1) is 0 Å². The maximum Gasteiger partial charge on any atom is 0.325 e. The molecule has 2 N–H and O–H groups in total. The Balaban J connectivity index is 4.12. The maximum absolute atomic E-state index is 11.8. The third-order valence-electron chi connectivity index (χ3n) is 2.86. The standard InChI is InChI=1S/C13H27NO3S/c1-5-7-14-13(3,12(16)17-4)6-8-18-10-11(2)9-15/h11,14-15H,5-10H2,1-4H3. The molecule has 0 aromatic carbocycles. The summed E-state index contributed by atoms with van der Waals surface area (Å²) in [4.78, 5) is 11.8. The van der Waals surface area contributed by atoms with Gasteiger partial charge in [-0.3, -0.25) is 4.79 Å². The number of rotatable bonds is 10. The zero-order valence-electron chi connectivity index (χ0n) is 12.0. The lowest BCUT2D eigenvalue weighted by Gasteiger charge is -2.28. The van der Waals surface area contributed by atoms with Gasteiger partial charge >= 0.3 is 5.97 Å². The molecule has 0 aliphatic rings. The van der Waals surface area contributed by atoms with E-state index < -0.39 is 5.54 Å². The highest BCUT2D eigenvalue weighted by Crippen LogP contribution is 2.18. The molecular formula is C13H27NO3S. The van der Waals surface area contributed by atoms with Gasteiger partial charge in [-0.1, -0.05) is 13.8 Å². The SMILES string of the molecule is CCCNC(C)(CCSCC(C)CO)C(=O)OC. The third-order valence-corrected chi connectivity index (χ3v) is 4.16. The van der Waals surface area contributed by atoms with Crippen molar-refractivity contribution in [3.8, 4) is 0 Å². The van der Waals surface area contributed by atoms with E-state index in [1.165, 1.54) is 7.11 Å². The third kappa shape index (κ3) is 6.61. The number of aliphatic hydroxyl groups excluding tert-OH is 1. The number of thioether (sulfide) groups is 1. The van der Waals surface area contributed by atoms with Crippen molar-refractivity contribution in [3.63, 3.8) is 0 Å². The highest BCUT2D eigenvalue weighted by molar-refractivity contribution is 7.99. The van der Waals surface area contributed by atoms with Gasteiger partial charge in [0.25, 0.3) is 0 Å². The molecule has 0 amide bonds. The molecule has 18 heavy (non-hydrogen) atoms. The summed E-state index contributed by atoms with van der Waals surface area (Å²) in [5.74, 6) is 1.91. The molecule has 0 aliphatic heterocycles. The van der Waals surface area contributed by atoms with Crippen molar-refractivity contribution >= 4 is 17.7 Å². The molecule has 2 atom stereocenters. The van der Waals surface area contributed by atoms with Crippen molar-refractivity contribution in [1.29, 1.82) is 0 Å². The fourth-order valence-electron chi connectivity index (χ4n) is 1.50. The van der Waals surface area contributed by atoms with Gasteiger partial charge in [-0.05, 0) is 43.7 Å². The van der Waals surface area contributed by atoms with Crippen LogP contribution in [0.25, 0.3) is 0 Å². The van der Waals surface area contributed by atoms with Gasteiger partial charge in [0, 0.05) is 6.61 Å². The van der Waals surface area contributed by atoms with E-state index in [9.17, 15) is 4.79 Å². The van der Waals surface area contributed by atoms with Crippen LogP contribution in [-0.2, 0) is 9.53 Å². The number of hydrogen-bond donors (Lipinski definition) is 2. The van der Waals surface area contributed by atoms with Crippen LogP contribution in [-0.4, -0.2) is 48.4 Å². The summed E-state index contributed by atoms with van der Waals surface area (Å²) in [5, 5.41) is 12.2. The van der Waals surface area contributed by atoms with Crippen LogP contribution in [0.4, 0.5) is 0 Å². The minimum absolute atomic E-state index is 0.202. The molecule has 0 aromatic heterocycles. The lowest BCUT2D eigenvalue weighted by molar-refractivity contribution is -0.148. The largest absolute Gasteiger partial charge is 0.468 e. The number of hydrogen-bond acceptors (Lipinski definition) is 5. The summed E-state index contributed by atoms with van der Waals surface area (Å²) in [6, 6.07) is 0. The first kappa shape index (κ1) is 17.7. The second-order valence-corrected chi connectivity index (χ2v) is 6.01. The van der Waals surface area contributed by atoms with E-state index in [2.05, 4.69) is 12.2 Å². The Morgan fingerprint density at radius 2 is 2.22 bits per heavy atom. The second-order valence-electron chi connectivity index (χ2n) is 4.86. The average Bonchev–Trinajstić information content (AvgIpc) is 2.39. The van der Waals surface area contributed by atoms with Crippen molar-refractivity contribution in [2.45, 2.75) is 39.2 Å². The fourth-order valence-corrected chi connectivity index (χ4v) is 2.73. The van der Waals surface area contributed by atoms with Crippen LogP contribution < -0.4 is 5.32 Å². The van der Waals surface area contributed by atoms with Gasteiger partial charge in [0.1, 0.15) is 5.54 Å². The zero-order chi connectivity index (χ0) is 14.0. The number of methoxy groups -OCH3 is 1. The summed E-state index contributed by atoms with van der Waals surface area (Å²) in [6.45, 7) is 7.01. The Kier molecular flexibility index (Phi) is 9.50. The molecule has 108 valence electrons. The van der Waals surface area contributed by atoms with Crippen LogP contribution in [0.3, 0.4) is 0 Å². The van der Waals surface area contributed by atoms with Crippen LogP contribution >= 0.6 is 11.8 Å². The number of ether oxygens (including phenoxy) is 1. The van der Waals surface area contributed by atoms with Gasteiger partial charge in [0.15, 0.2) is 0 Å². The number of aliphatic hydroxyl groups is 1. The summed E-state index contributed by atoms with van der Waals surface area (Å²) >= 11 is 1.77. The zero-order valence-corrected chi connectivity index (χ0v) is 12.8. The monoisotopic (exact) mass is 277 g/mol. The molecule has 0 radical (unpaired) electrons. The minimum Gasteiger partial charge on any atom is -0.468 e. The van der Waals surface area contributed by atoms with E-state index in [1.807, 2.05) is 13.8 Å². The van der Waals surface area contributed by atoms with Crippen LogP contribution in [0.2, 0.25) is 0 Å². The maximum atomic E-state index is 11.8. The lowest BCUT2D eigenvalue weighted by Crippen LogP contribution is -2.50. The van der Waals surface area contributed by atoms with Crippen LogP contribution in [0.15, 0.2) is 0 Å².